The second kappa shape index (κ2) is 9.32. The van der Waals surface area contributed by atoms with Gasteiger partial charge in [0.05, 0.1) is 25.0 Å². The van der Waals surface area contributed by atoms with Gasteiger partial charge in [-0.15, -0.1) is 0 Å². The number of fused-ring (bicyclic) bond motifs is 1. The monoisotopic (exact) mass is 452 g/mol. The van der Waals surface area contributed by atoms with Gasteiger partial charge in [-0.3, -0.25) is 9.10 Å². The van der Waals surface area contributed by atoms with Crippen LogP contribution in [0.4, 0.5) is 5.69 Å². The molecule has 1 N–H and O–H groups in total. The Labute approximate surface area is 187 Å². The number of hydrogen-bond donors (Lipinski definition) is 1. The first-order valence-corrected chi connectivity index (χ1v) is 12.0. The van der Waals surface area contributed by atoms with Crippen molar-refractivity contribution in [3.8, 4) is 11.5 Å². The summed E-state index contributed by atoms with van der Waals surface area (Å²) in [7, 11) is -3.50. The second-order valence-electron chi connectivity index (χ2n) is 7.51. The Kier molecular flexibility index (Phi) is 6.32. The van der Waals surface area contributed by atoms with Crippen LogP contribution in [0.2, 0.25) is 0 Å². The minimum absolute atomic E-state index is 0.214. The number of nitrogens with zero attached hydrogens (tertiary/aromatic N) is 1. The van der Waals surface area contributed by atoms with Crippen LogP contribution in [0.1, 0.15) is 15.9 Å². The maximum absolute atomic E-state index is 12.6. The Hall–Kier alpha value is -3.52. The van der Waals surface area contributed by atoms with Crippen LogP contribution in [-0.4, -0.2) is 39.8 Å². The average Bonchev–Trinajstić information content (AvgIpc) is 2.81. The second-order valence-corrected chi connectivity index (χ2v) is 9.42. The van der Waals surface area contributed by atoms with Crippen molar-refractivity contribution in [2.45, 2.75) is 12.6 Å². The molecule has 3 aromatic rings. The number of para-hydroxylation sites is 2. The third-order valence-corrected chi connectivity index (χ3v) is 6.19. The van der Waals surface area contributed by atoms with Crippen molar-refractivity contribution in [3.05, 3.63) is 90.0 Å². The van der Waals surface area contributed by atoms with E-state index in [4.69, 9.17) is 9.47 Å². The molecule has 166 valence electrons. The largest absolute Gasteiger partial charge is 0.486 e. The van der Waals surface area contributed by atoms with Crippen LogP contribution in [0, 0.1) is 0 Å². The normalized spacial score (nSPS) is 15.1. The summed E-state index contributed by atoms with van der Waals surface area (Å²) in [4.78, 5) is 12.6. The van der Waals surface area contributed by atoms with Crippen molar-refractivity contribution < 1.29 is 22.7 Å². The minimum atomic E-state index is -3.50. The van der Waals surface area contributed by atoms with Gasteiger partial charge in [0.25, 0.3) is 5.91 Å². The van der Waals surface area contributed by atoms with Gasteiger partial charge in [0.15, 0.2) is 11.5 Å². The fourth-order valence-electron chi connectivity index (χ4n) is 3.40. The molecule has 32 heavy (non-hydrogen) atoms. The zero-order chi connectivity index (χ0) is 22.6. The van der Waals surface area contributed by atoms with Crippen LogP contribution in [0.25, 0.3) is 0 Å². The SMILES string of the molecule is CS(=O)(=O)N(Cc1ccccc1)c1ccc(C(=O)NC[C@@H]2COc3ccccc3O2)cc1. The summed E-state index contributed by atoms with van der Waals surface area (Å²) in [6.45, 7) is 0.850. The van der Waals surface area contributed by atoms with E-state index in [1.54, 1.807) is 24.3 Å². The lowest BCUT2D eigenvalue weighted by molar-refractivity contribution is 0.0789. The predicted molar refractivity (Wildman–Crippen MR) is 123 cm³/mol. The molecule has 0 bridgehead atoms. The van der Waals surface area contributed by atoms with Gasteiger partial charge in [0, 0.05) is 5.56 Å². The number of anilines is 1. The molecular formula is C24H24N2O5S. The number of carbonyl (C=O) groups is 1. The Morgan fingerprint density at radius 3 is 2.31 bits per heavy atom. The van der Waals surface area contributed by atoms with Crippen LogP contribution in [0.5, 0.6) is 11.5 Å². The van der Waals surface area contributed by atoms with Crippen molar-refractivity contribution in [3.63, 3.8) is 0 Å². The smallest absolute Gasteiger partial charge is 0.251 e. The molecule has 3 aromatic carbocycles. The first-order valence-electron chi connectivity index (χ1n) is 10.2. The van der Waals surface area contributed by atoms with Crippen LogP contribution in [-0.2, 0) is 16.6 Å². The fourth-order valence-corrected chi connectivity index (χ4v) is 4.29. The van der Waals surface area contributed by atoms with Crippen molar-refractivity contribution in [1.82, 2.24) is 5.32 Å². The summed E-state index contributed by atoms with van der Waals surface area (Å²) in [5.74, 6) is 1.08. The molecule has 4 rings (SSSR count). The first-order chi connectivity index (χ1) is 15.4. The van der Waals surface area contributed by atoms with Gasteiger partial charge < -0.3 is 14.8 Å². The number of nitrogens with one attached hydrogen (secondary N) is 1. The number of carbonyl (C=O) groups excluding carboxylic acids is 1. The molecule has 0 saturated heterocycles. The van der Waals surface area contributed by atoms with Crippen LogP contribution in [0.3, 0.4) is 0 Å². The lowest BCUT2D eigenvalue weighted by atomic mass is 10.1. The van der Waals surface area contributed by atoms with E-state index in [1.165, 1.54) is 10.6 Å². The quantitative estimate of drug-likeness (QED) is 0.595. The number of hydrogen-bond acceptors (Lipinski definition) is 5. The minimum Gasteiger partial charge on any atom is -0.486 e. The molecule has 1 heterocycles. The molecule has 1 atom stereocenters. The van der Waals surface area contributed by atoms with Crippen molar-refractivity contribution in [1.29, 1.82) is 0 Å². The summed E-state index contributed by atoms with van der Waals surface area (Å²) in [5.41, 5.74) is 1.79. The third-order valence-electron chi connectivity index (χ3n) is 5.04. The number of rotatable bonds is 7. The number of sulfonamides is 1. The Morgan fingerprint density at radius 2 is 1.62 bits per heavy atom. The van der Waals surface area contributed by atoms with Gasteiger partial charge in [0.2, 0.25) is 10.0 Å². The molecule has 0 unspecified atom stereocenters. The number of amides is 1. The Bertz CT molecular complexity index is 1180. The standard InChI is InChI=1S/C24H24N2O5S/c1-32(28,29)26(16-18-7-3-2-4-8-18)20-13-11-19(12-14-20)24(27)25-15-21-17-30-22-9-5-6-10-23(22)31-21/h2-14,21H,15-17H2,1H3,(H,25,27)/t21-/m1/s1. The van der Waals surface area contributed by atoms with Crippen LogP contribution in [0.15, 0.2) is 78.9 Å². The molecule has 7 nitrogen and oxygen atoms in total. The third kappa shape index (κ3) is 5.20. The van der Waals surface area contributed by atoms with E-state index >= 15 is 0 Å². The van der Waals surface area contributed by atoms with Crippen molar-refractivity contribution >= 4 is 21.6 Å². The molecule has 8 heteroatoms. The van der Waals surface area contributed by atoms with E-state index in [-0.39, 0.29) is 18.6 Å². The summed E-state index contributed by atoms with van der Waals surface area (Å²) in [6, 6.07) is 23.2. The van der Waals surface area contributed by atoms with Crippen LogP contribution < -0.4 is 19.1 Å². The molecule has 1 aliphatic heterocycles. The Morgan fingerprint density at radius 1 is 0.969 bits per heavy atom. The molecule has 0 fully saturated rings. The maximum Gasteiger partial charge on any atom is 0.251 e. The lowest BCUT2D eigenvalue weighted by Gasteiger charge is -2.26. The van der Waals surface area contributed by atoms with Crippen molar-refractivity contribution in [2.75, 3.05) is 23.7 Å². The molecule has 0 saturated carbocycles. The molecule has 0 aliphatic carbocycles. The summed E-state index contributed by atoms with van der Waals surface area (Å²) < 4.78 is 37.5. The zero-order valence-electron chi connectivity index (χ0n) is 17.6. The van der Waals surface area contributed by atoms with Gasteiger partial charge in [-0.2, -0.15) is 0 Å². The first kappa shape index (κ1) is 21.7. The molecular weight excluding hydrogens is 428 g/mol. The highest BCUT2D eigenvalue weighted by Crippen LogP contribution is 2.30. The van der Waals surface area contributed by atoms with E-state index < -0.39 is 10.0 Å². The Balaban J connectivity index is 1.39. The van der Waals surface area contributed by atoms with E-state index in [9.17, 15) is 13.2 Å². The highest BCUT2D eigenvalue weighted by atomic mass is 32.2. The highest BCUT2D eigenvalue weighted by molar-refractivity contribution is 7.92. The summed E-state index contributed by atoms with van der Waals surface area (Å²) in [5, 5.41) is 2.84. The molecule has 0 aromatic heterocycles. The van der Waals surface area contributed by atoms with Gasteiger partial charge in [0.1, 0.15) is 12.7 Å². The number of benzene rings is 3. The number of ether oxygens (including phenoxy) is 2. The molecule has 0 radical (unpaired) electrons. The topological polar surface area (TPSA) is 84.9 Å². The highest BCUT2D eigenvalue weighted by Gasteiger charge is 2.22. The fraction of sp³-hybridized carbons (Fsp3) is 0.208. The maximum atomic E-state index is 12.6. The average molecular weight is 453 g/mol. The van der Waals surface area contributed by atoms with E-state index in [2.05, 4.69) is 5.32 Å². The van der Waals surface area contributed by atoms with E-state index in [0.717, 1.165) is 5.56 Å². The van der Waals surface area contributed by atoms with Gasteiger partial charge in [-0.05, 0) is 42.0 Å². The molecule has 0 spiro atoms. The van der Waals surface area contributed by atoms with Gasteiger partial charge >= 0.3 is 0 Å². The zero-order valence-corrected chi connectivity index (χ0v) is 18.4. The van der Waals surface area contributed by atoms with E-state index in [1.807, 2.05) is 54.6 Å². The van der Waals surface area contributed by atoms with Crippen molar-refractivity contribution in [2.24, 2.45) is 0 Å². The predicted octanol–water partition coefficient (Wildman–Crippen LogP) is 3.22. The van der Waals surface area contributed by atoms with E-state index in [0.29, 0.717) is 35.9 Å². The molecule has 1 amide bonds. The summed E-state index contributed by atoms with van der Waals surface area (Å²) in [6.07, 6.45) is 0.876. The van der Waals surface area contributed by atoms with Gasteiger partial charge in [-0.25, -0.2) is 8.42 Å². The van der Waals surface area contributed by atoms with Gasteiger partial charge in [-0.1, -0.05) is 42.5 Å². The molecule has 1 aliphatic rings. The van der Waals surface area contributed by atoms with Crippen LogP contribution >= 0.6 is 0 Å². The summed E-state index contributed by atoms with van der Waals surface area (Å²) >= 11 is 0. The lowest BCUT2D eigenvalue weighted by Crippen LogP contribution is -2.40.